The predicted octanol–water partition coefficient (Wildman–Crippen LogP) is 6.89. The van der Waals surface area contributed by atoms with Gasteiger partial charge in [-0.05, 0) is 0 Å². The van der Waals surface area contributed by atoms with Crippen LogP contribution in [0.15, 0.2) is 0 Å². The molecule has 0 rings (SSSR count). The van der Waals surface area contributed by atoms with Gasteiger partial charge in [-0.15, -0.1) is 0 Å². The van der Waals surface area contributed by atoms with Gasteiger partial charge in [-0.25, -0.2) is 0 Å². The summed E-state index contributed by atoms with van der Waals surface area (Å²) in [6.07, 6.45) is 0. The van der Waals surface area contributed by atoms with E-state index in [1.165, 1.54) is 14.2 Å². The van der Waals surface area contributed by atoms with E-state index in [2.05, 4.69) is 0 Å². The average molecular weight is 637 g/mol. The normalized spacial score (nSPS) is 15.7. The van der Waals surface area contributed by atoms with Crippen molar-refractivity contribution in [3.63, 3.8) is 0 Å². The second kappa shape index (κ2) is 13.2. The topological polar surface area (TPSA) is 92.3 Å². The van der Waals surface area contributed by atoms with Crippen molar-refractivity contribution < 1.29 is 57.3 Å². The van der Waals surface area contributed by atoms with Gasteiger partial charge in [0.25, 0.3) is 0 Å². The van der Waals surface area contributed by atoms with Crippen LogP contribution in [0.1, 0.15) is 125 Å². The summed E-state index contributed by atoms with van der Waals surface area (Å²) in [6, 6.07) is 0. The Hall–Kier alpha value is 0.748. The number of rotatable bonds is 12. The molecule has 0 amide bonds. The molecular weight excluding hydrogens is 576 g/mol. The summed E-state index contributed by atoms with van der Waals surface area (Å²) >= 11 is -4.93. The Morgan fingerprint density at radius 1 is 0.333 bits per heavy atom. The van der Waals surface area contributed by atoms with Crippen LogP contribution in [0.4, 0.5) is 0 Å². The molecule has 0 aliphatic rings. The minimum atomic E-state index is -4.93. The van der Waals surface area contributed by atoms with Gasteiger partial charge in [0.15, 0.2) is 0 Å². The van der Waals surface area contributed by atoms with Crippen LogP contribution in [0, 0.1) is 0 Å². The van der Waals surface area contributed by atoms with Crippen molar-refractivity contribution in [3.05, 3.63) is 0 Å². The molecule has 0 fully saturated rings. The van der Waals surface area contributed by atoms with Crippen LogP contribution in [-0.4, -0.2) is 65.9 Å². The molecule has 0 spiro atoms. The zero-order valence-electron chi connectivity index (χ0n) is 28.6. The van der Waals surface area contributed by atoms with Crippen LogP contribution in [-0.2, 0) is 57.3 Å². The van der Waals surface area contributed by atoms with Crippen LogP contribution in [0.2, 0.25) is 0 Å². The summed E-state index contributed by atoms with van der Waals surface area (Å²) in [5.74, 6) is 0. The van der Waals surface area contributed by atoms with Crippen molar-refractivity contribution in [2.24, 2.45) is 0 Å². The van der Waals surface area contributed by atoms with Gasteiger partial charge in [0, 0.05) is 0 Å². The summed E-state index contributed by atoms with van der Waals surface area (Å²) in [4.78, 5) is 0. The summed E-state index contributed by atoms with van der Waals surface area (Å²) in [5.41, 5.74) is -4.26. The molecule has 0 aromatic heterocycles. The van der Waals surface area contributed by atoms with Gasteiger partial charge in [0.1, 0.15) is 0 Å². The third kappa shape index (κ3) is 17.5. The van der Waals surface area contributed by atoms with Gasteiger partial charge < -0.3 is 0 Å². The van der Waals surface area contributed by atoms with Gasteiger partial charge in [-0.1, -0.05) is 0 Å². The van der Waals surface area contributed by atoms with Gasteiger partial charge >= 0.3 is 248 Å². The minimum absolute atomic E-state index is 0.710. The molecule has 0 saturated heterocycles. The Bertz CT molecular complexity index is 608. The maximum absolute atomic E-state index is 6.74. The Morgan fingerprint density at radius 2 is 0.487 bits per heavy atom. The van der Waals surface area contributed by atoms with Gasteiger partial charge in [0.2, 0.25) is 0 Å². The molecule has 0 aromatic rings. The summed E-state index contributed by atoms with van der Waals surface area (Å²) in [5, 5.41) is 0. The van der Waals surface area contributed by atoms with Crippen LogP contribution >= 0.6 is 0 Å². The third-order valence-electron chi connectivity index (χ3n) is 3.59. The van der Waals surface area contributed by atoms with Crippen LogP contribution in [0.5, 0.6) is 0 Å². The van der Waals surface area contributed by atoms with Crippen molar-refractivity contribution in [2.45, 2.75) is 158 Å². The average Bonchev–Trinajstić information content (AvgIpc) is 2.50. The summed E-state index contributed by atoms with van der Waals surface area (Å²) in [7, 11) is -5.27. The van der Waals surface area contributed by atoms with E-state index in [-0.39, 0.29) is 0 Å². The molecule has 0 aliphatic heterocycles. The van der Waals surface area contributed by atoms with Gasteiger partial charge in [-0.3, -0.25) is 0 Å². The first-order valence-corrected chi connectivity index (χ1v) is 19.3. The fourth-order valence-electron chi connectivity index (χ4n) is 3.08. The van der Waals surface area contributed by atoms with E-state index in [1.807, 2.05) is 125 Å². The van der Waals surface area contributed by atoms with E-state index >= 15 is 0 Å². The fraction of sp³-hybridized carbons (Fsp3) is 1.00. The van der Waals surface area contributed by atoms with Crippen molar-refractivity contribution in [1.29, 1.82) is 0 Å². The summed E-state index contributed by atoms with van der Waals surface area (Å²) < 4.78 is 64.6. The molecule has 0 unspecified atom stereocenters. The predicted molar refractivity (Wildman–Crippen MR) is 153 cm³/mol. The molecule has 0 atom stereocenters. The maximum atomic E-state index is 6.74. The van der Waals surface area contributed by atoms with Crippen LogP contribution in [0.3, 0.4) is 0 Å². The third-order valence-corrected chi connectivity index (χ3v) is 16.0. The van der Waals surface area contributed by atoms with E-state index in [4.69, 9.17) is 39.2 Å². The van der Waals surface area contributed by atoms with Crippen LogP contribution in [0.25, 0.3) is 0 Å². The van der Waals surface area contributed by atoms with E-state index in [0.29, 0.717) is 0 Å². The molecule has 0 saturated carbocycles. The van der Waals surface area contributed by atoms with E-state index in [0.717, 1.165) is 0 Å². The molecule has 0 bridgehead atoms. The Labute approximate surface area is 247 Å². The quantitative estimate of drug-likeness (QED) is 0.211. The first kappa shape index (κ1) is 39.7. The van der Waals surface area contributed by atoms with Crippen molar-refractivity contribution in [1.82, 2.24) is 0 Å². The monoisotopic (exact) mass is 636 g/mol. The van der Waals surface area contributed by atoms with Crippen molar-refractivity contribution >= 4 is 18.1 Å². The molecule has 39 heavy (non-hydrogen) atoms. The first-order valence-electron chi connectivity index (χ1n) is 13.5. The van der Waals surface area contributed by atoms with Crippen molar-refractivity contribution in [2.75, 3.05) is 14.2 Å². The fourth-order valence-corrected chi connectivity index (χ4v) is 15.6. The van der Waals surface area contributed by atoms with Gasteiger partial charge in [-0.2, -0.15) is 0 Å². The van der Waals surface area contributed by atoms with Crippen molar-refractivity contribution in [3.8, 4) is 0 Å². The molecule has 0 radical (unpaired) electrons. The Balaban J connectivity index is 7.29. The molecule has 10 nitrogen and oxygen atoms in total. The Morgan fingerprint density at radius 3 is 0.590 bits per heavy atom. The molecule has 0 aromatic carbocycles. The SMILES string of the molecule is C[O][Ti]([O]C)([O][Si](OC(C)(C)C)(OC(C)(C)C)OC(C)(C)C)[O][Si](OC(C)(C)C)(OC(C)(C)C)OC(C)(C)C. The zero-order valence-corrected chi connectivity index (χ0v) is 32.1. The first-order chi connectivity index (χ1) is 16.8. The molecule has 0 aliphatic carbocycles. The van der Waals surface area contributed by atoms with E-state index in [1.54, 1.807) is 0 Å². The molecule has 0 N–H and O–H groups in total. The van der Waals surface area contributed by atoms with E-state index < -0.39 is 69.8 Å². The standard InChI is InChI=1S/2C12H27O4Si.2CH3O.Ti/c2*1-10(2,3)14-17(13,15-11(4,5)6)16-12(7,8)9;2*1-2;/h2*1-9H3;2*1H3;/q4*-1;+4. The molecule has 236 valence electrons. The van der Waals surface area contributed by atoms with E-state index in [9.17, 15) is 0 Å². The number of hydrogen-bond donors (Lipinski definition) is 0. The second-order valence-corrected chi connectivity index (χ2v) is 23.8. The molecule has 13 heteroatoms. The summed E-state index contributed by atoms with van der Waals surface area (Å²) in [6.45, 7) is 34.2. The Kier molecular flexibility index (Phi) is 13.4. The van der Waals surface area contributed by atoms with Crippen LogP contribution < -0.4 is 0 Å². The molecule has 0 heterocycles. The second-order valence-electron chi connectivity index (χ2n) is 15.4. The number of hydrogen-bond acceptors (Lipinski definition) is 10. The zero-order chi connectivity index (χ0) is 31.6. The van der Waals surface area contributed by atoms with Gasteiger partial charge in [0.05, 0.1) is 0 Å². The molecular formula is C26H60O10Si2Ti.